The van der Waals surface area contributed by atoms with E-state index in [1.807, 2.05) is 0 Å². The van der Waals surface area contributed by atoms with Crippen molar-refractivity contribution in [2.45, 2.75) is 26.0 Å². The average Bonchev–Trinajstić information content (AvgIpc) is 2.15. The Morgan fingerprint density at radius 2 is 1.87 bits per heavy atom. The number of hydrogen-bond acceptors (Lipinski definition) is 7. The van der Waals surface area contributed by atoms with Crippen molar-refractivity contribution in [3.05, 3.63) is 0 Å². The molecular formula is C8H14N2O5. The third-order valence-electron chi connectivity index (χ3n) is 1.33. The molecule has 86 valence electrons. The van der Waals surface area contributed by atoms with Crippen LogP contribution < -0.4 is 5.73 Å². The first kappa shape index (κ1) is 15.7. The van der Waals surface area contributed by atoms with Crippen molar-refractivity contribution < 1.29 is 23.9 Å². The number of methoxy groups -OCH3 is 1. The Hall–Kier alpha value is -1.72. The second-order valence-corrected chi connectivity index (χ2v) is 2.47. The fourth-order valence-corrected chi connectivity index (χ4v) is 0.663. The standard InChI is InChI=1S/C7H13NO4.CHNO/c1-4(12-5(2)9)6(8)7(10)11-3;2-1-3/h4,6H,8H2,1-3H3;2H/t4-,6+;/m1./s1. The fraction of sp³-hybridized carbons (Fsp3) is 0.625. The van der Waals surface area contributed by atoms with Gasteiger partial charge in [0.05, 0.1) is 7.11 Å². The summed E-state index contributed by atoms with van der Waals surface area (Å²) in [5, 5.41) is 5.40. The van der Waals surface area contributed by atoms with Crippen molar-refractivity contribution in [1.29, 1.82) is 5.41 Å². The first-order valence-electron chi connectivity index (χ1n) is 3.95. The smallest absolute Gasteiger partial charge is 0.326 e. The van der Waals surface area contributed by atoms with Crippen molar-refractivity contribution >= 4 is 18.0 Å². The van der Waals surface area contributed by atoms with E-state index in [1.165, 1.54) is 21.0 Å². The second kappa shape index (κ2) is 8.86. The lowest BCUT2D eigenvalue weighted by molar-refractivity contribution is -0.153. The molecule has 0 aliphatic rings. The normalized spacial score (nSPS) is 12.3. The summed E-state index contributed by atoms with van der Waals surface area (Å²) in [5.41, 5.74) is 5.37. The molecule has 3 N–H and O–H groups in total. The highest BCUT2D eigenvalue weighted by Gasteiger charge is 2.23. The van der Waals surface area contributed by atoms with Gasteiger partial charge in [-0.3, -0.25) is 9.59 Å². The molecule has 2 atom stereocenters. The van der Waals surface area contributed by atoms with Crippen molar-refractivity contribution in [3.63, 3.8) is 0 Å². The van der Waals surface area contributed by atoms with Gasteiger partial charge in [-0.1, -0.05) is 0 Å². The third-order valence-corrected chi connectivity index (χ3v) is 1.33. The zero-order valence-electron chi connectivity index (χ0n) is 8.77. The van der Waals surface area contributed by atoms with Gasteiger partial charge in [0.2, 0.25) is 6.08 Å². The number of nitrogens with one attached hydrogen (secondary N) is 1. The highest BCUT2D eigenvalue weighted by Crippen LogP contribution is 1.98. The minimum atomic E-state index is -0.918. The lowest BCUT2D eigenvalue weighted by atomic mass is 10.2. The van der Waals surface area contributed by atoms with Crippen molar-refractivity contribution in [3.8, 4) is 0 Å². The molecule has 0 aliphatic heterocycles. The van der Waals surface area contributed by atoms with Crippen LogP contribution in [0, 0.1) is 5.41 Å². The maximum absolute atomic E-state index is 10.8. The summed E-state index contributed by atoms with van der Waals surface area (Å²) in [5.74, 6) is -1.06. The Kier molecular flexibility index (Phi) is 9.30. The van der Waals surface area contributed by atoms with Crippen molar-refractivity contribution in [2.75, 3.05) is 7.11 Å². The molecule has 0 aromatic heterocycles. The number of carbonyl (C=O) groups excluding carboxylic acids is 3. The molecule has 7 heteroatoms. The largest absolute Gasteiger partial charge is 0.468 e. The summed E-state index contributed by atoms with van der Waals surface area (Å²) in [6.07, 6.45) is 0.0925. The molecule has 0 radical (unpaired) electrons. The number of isocyanates is 1. The first-order valence-corrected chi connectivity index (χ1v) is 3.95. The zero-order chi connectivity index (χ0) is 12.4. The third kappa shape index (κ3) is 8.61. The number of nitrogens with two attached hydrogens (primary N) is 1. The van der Waals surface area contributed by atoms with Crippen LogP contribution in [0.2, 0.25) is 0 Å². The Labute approximate surface area is 87.0 Å². The van der Waals surface area contributed by atoms with Gasteiger partial charge in [-0.2, -0.15) is 0 Å². The van der Waals surface area contributed by atoms with Crippen LogP contribution in [0.25, 0.3) is 0 Å². The predicted octanol–water partition coefficient (Wildman–Crippen LogP) is -0.661. The number of rotatable bonds is 3. The van der Waals surface area contributed by atoms with E-state index in [1.54, 1.807) is 0 Å². The van der Waals surface area contributed by atoms with Crippen molar-refractivity contribution in [2.24, 2.45) is 5.73 Å². The summed E-state index contributed by atoms with van der Waals surface area (Å²) in [6, 6.07) is -0.918. The average molecular weight is 218 g/mol. The summed E-state index contributed by atoms with van der Waals surface area (Å²) < 4.78 is 9.03. The van der Waals surface area contributed by atoms with E-state index in [9.17, 15) is 9.59 Å². The molecule has 0 rings (SSSR count). The molecule has 0 spiro atoms. The summed E-state index contributed by atoms with van der Waals surface area (Å²) >= 11 is 0. The maximum Gasteiger partial charge on any atom is 0.326 e. The van der Waals surface area contributed by atoms with Gasteiger partial charge in [0.15, 0.2) is 0 Å². The van der Waals surface area contributed by atoms with Crippen molar-refractivity contribution in [1.82, 2.24) is 0 Å². The van der Waals surface area contributed by atoms with Crippen LogP contribution in [-0.2, 0) is 23.9 Å². The van der Waals surface area contributed by atoms with E-state index in [-0.39, 0.29) is 0 Å². The van der Waals surface area contributed by atoms with Crippen LogP contribution in [0.4, 0.5) is 0 Å². The lowest BCUT2D eigenvalue weighted by Crippen LogP contribution is -2.43. The molecule has 0 aromatic rings. The van der Waals surface area contributed by atoms with Gasteiger partial charge in [-0.05, 0) is 6.92 Å². The highest BCUT2D eigenvalue weighted by molar-refractivity contribution is 5.76. The molecule has 0 bridgehead atoms. The quantitative estimate of drug-likeness (QED) is 0.368. The molecule has 0 aliphatic carbocycles. The van der Waals surface area contributed by atoms with E-state index in [4.69, 9.17) is 15.9 Å². The van der Waals surface area contributed by atoms with Crippen LogP contribution in [0.15, 0.2) is 0 Å². The molecule has 15 heavy (non-hydrogen) atoms. The van der Waals surface area contributed by atoms with Gasteiger partial charge in [0, 0.05) is 6.92 Å². The number of ether oxygens (including phenoxy) is 2. The highest BCUT2D eigenvalue weighted by atomic mass is 16.6. The summed E-state index contributed by atoms with van der Waals surface area (Å²) in [4.78, 5) is 29.6. The van der Waals surface area contributed by atoms with Gasteiger partial charge in [-0.15, -0.1) is 0 Å². The minimum Gasteiger partial charge on any atom is -0.468 e. The first-order chi connectivity index (χ1) is 6.90. The molecule has 7 nitrogen and oxygen atoms in total. The van der Waals surface area contributed by atoms with E-state index in [0.29, 0.717) is 0 Å². The van der Waals surface area contributed by atoms with Gasteiger partial charge < -0.3 is 15.2 Å². The predicted molar refractivity (Wildman–Crippen MR) is 49.6 cm³/mol. The van der Waals surface area contributed by atoms with E-state index in [2.05, 4.69) is 9.47 Å². The number of carbonyl (C=O) groups is 2. The van der Waals surface area contributed by atoms with Gasteiger partial charge in [-0.25, -0.2) is 10.2 Å². The molecule has 0 saturated carbocycles. The molecule has 0 amide bonds. The molecule has 0 unspecified atom stereocenters. The van der Waals surface area contributed by atoms with Gasteiger partial charge in [0.1, 0.15) is 12.1 Å². The molecule has 0 fully saturated rings. The molecule has 0 saturated heterocycles. The van der Waals surface area contributed by atoms with E-state index < -0.39 is 24.1 Å². The van der Waals surface area contributed by atoms with Crippen LogP contribution >= 0.6 is 0 Å². The molecule has 0 heterocycles. The molecular weight excluding hydrogens is 204 g/mol. The summed E-state index contributed by atoms with van der Waals surface area (Å²) in [7, 11) is 1.22. The number of esters is 2. The topological polar surface area (TPSA) is 120 Å². The van der Waals surface area contributed by atoms with Crippen LogP contribution in [-0.4, -0.2) is 37.3 Å². The zero-order valence-corrected chi connectivity index (χ0v) is 8.77. The number of hydrogen-bond donors (Lipinski definition) is 2. The van der Waals surface area contributed by atoms with E-state index in [0.717, 1.165) is 6.08 Å². The van der Waals surface area contributed by atoms with E-state index >= 15 is 0 Å². The second-order valence-electron chi connectivity index (χ2n) is 2.47. The van der Waals surface area contributed by atoms with Crippen LogP contribution in [0.3, 0.4) is 0 Å². The Morgan fingerprint density at radius 3 is 2.13 bits per heavy atom. The van der Waals surface area contributed by atoms with Crippen LogP contribution in [0.1, 0.15) is 13.8 Å². The van der Waals surface area contributed by atoms with Gasteiger partial charge in [0.25, 0.3) is 0 Å². The maximum atomic E-state index is 10.8. The molecule has 0 aromatic carbocycles. The van der Waals surface area contributed by atoms with Gasteiger partial charge >= 0.3 is 11.9 Å². The Balaban J connectivity index is 0. The Bertz CT molecular complexity index is 247. The minimum absolute atomic E-state index is 0.471. The van der Waals surface area contributed by atoms with Crippen LogP contribution in [0.5, 0.6) is 0 Å². The Morgan fingerprint density at radius 1 is 1.47 bits per heavy atom. The lowest BCUT2D eigenvalue weighted by Gasteiger charge is -2.16. The fourth-order valence-electron chi connectivity index (χ4n) is 0.663. The summed E-state index contributed by atoms with van der Waals surface area (Å²) in [6.45, 7) is 2.78. The monoisotopic (exact) mass is 218 g/mol. The SMILES string of the molecule is COC(=O)[C@@H](N)[C@@H](C)OC(C)=O.N=C=O.